The Morgan fingerprint density at radius 1 is 0.440 bits per heavy atom. The lowest BCUT2D eigenvalue weighted by atomic mass is 10.0. The van der Waals surface area contributed by atoms with Gasteiger partial charge in [0.1, 0.15) is 12.0 Å². The topological polar surface area (TPSA) is 46.6 Å². The average molecular weight is 642 g/mol. The number of aromatic nitrogens is 2. The molecule has 0 amide bonds. The van der Waals surface area contributed by atoms with E-state index < -0.39 is 0 Å². The van der Waals surface area contributed by atoms with Crippen LogP contribution in [0, 0.1) is 0 Å². The van der Waals surface area contributed by atoms with Gasteiger partial charge in [-0.1, -0.05) is 146 Å². The molecule has 1 atom stereocenters. The molecule has 5 heteroatoms. The van der Waals surface area contributed by atoms with Crippen molar-refractivity contribution in [1.29, 1.82) is 0 Å². The van der Waals surface area contributed by atoms with Gasteiger partial charge in [0.05, 0.1) is 22.1 Å². The van der Waals surface area contributed by atoms with Gasteiger partial charge in [0, 0.05) is 32.8 Å². The Morgan fingerprint density at radius 3 is 1.76 bits per heavy atom. The van der Waals surface area contributed by atoms with Crippen LogP contribution >= 0.6 is 0 Å². The first-order valence-electron chi connectivity index (χ1n) is 17.0. The van der Waals surface area contributed by atoms with Gasteiger partial charge < -0.3 is 9.88 Å². The minimum Gasteiger partial charge on any atom is -0.344 e. The third-order valence-corrected chi connectivity index (χ3v) is 9.79. The second-order valence-electron chi connectivity index (χ2n) is 12.7. The lowest BCUT2D eigenvalue weighted by Gasteiger charge is -2.24. The minimum atomic E-state index is -0.316. The highest BCUT2D eigenvalue weighted by Gasteiger charge is 2.26. The van der Waals surface area contributed by atoms with Gasteiger partial charge in [0.2, 0.25) is 5.96 Å². The molecular formula is C45H31N5. The molecule has 2 aromatic heterocycles. The largest absolute Gasteiger partial charge is 0.344 e. The highest BCUT2D eigenvalue weighted by atomic mass is 15.3. The van der Waals surface area contributed by atoms with Gasteiger partial charge in [-0.25, -0.2) is 4.99 Å². The zero-order valence-electron chi connectivity index (χ0n) is 27.1. The highest BCUT2D eigenvalue weighted by Crippen LogP contribution is 2.41. The van der Waals surface area contributed by atoms with E-state index in [-0.39, 0.29) is 6.17 Å². The number of amidine groups is 1. The van der Waals surface area contributed by atoms with Crippen molar-refractivity contribution in [3.05, 3.63) is 187 Å². The van der Waals surface area contributed by atoms with Crippen LogP contribution in [-0.2, 0) is 0 Å². The van der Waals surface area contributed by atoms with Gasteiger partial charge in [0.25, 0.3) is 0 Å². The molecule has 236 valence electrons. The molecule has 1 unspecified atom stereocenters. The standard InChI is InChI=1S/C45H31N5/c1-4-14-30(15-5-1)31-24-26-33(27-25-31)44-46-43(32-16-6-2-7-17-32)47-45(48-44)50-39-23-13-11-21-37(39)41-40(50)29-28-36-35-20-10-12-22-38(35)49(42(36)41)34-18-8-3-9-19-34/h1-29,43H,(H,46,47,48). The van der Waals surface area contributed by atoms with Crippen LogP contribution < -0.4 is 5.32 Å². The number of benzene rings is 7. The zero-order chi connectivity index (χ0) is 33.0. The Balaban J connectivity index is 1.23. The smallest absolute Gasteiger partial charge is 0.234 e. The number of hydrogen-bond donors (Lipinski definition) is 1. The number of nitrogens with zero attached hydrogens (tertiary/aromatic N) is 4. The molecule has 1 N–H and O–H groups in total. The predicted octanol–water partition coefficient (Wildman–Crippen LogP) is 10.5. The normalized spacial score (nSPS) is 14.6. The summed E-state index contributed by atoms with van der Waals surface area (Å²) in [5, 5.41) is 8.45. The molecule has 0 bridgehead atoms. The number of hydrogen-bond acceptors (Lipinski definition) is 3. The summed E-state index contributed by atoms with van der Waals surface area (Å²) < 4.78 is 4.65. The Hall–Kier alpha value is -6.72. The maximum absolute atomic E-state index is 5.31. The Kier molecular flexibility index (Phi) is 6.49. The molecule has 1 aliphatic heterocycles. The number of fused-ring (bicyclic) bond motifs is 7. The van der Waals surface area contributed by atoms with Crippen LogP contribution in [-0.4, -0.2) is 20.9 Å². The molecule has 0 radical (unpaired) electrons. The van der Waals surface area contributed by atoms with Crippen molar-refractivity contribution in [3.8, 4) is 16.8 Å². The van der Waals surface area contributed by atoms with Gasteiger partial charge in [-0.05, 0) is 47.0 Å². The van der Waals surface area contributed by atoms with Crippen molar-refractivity contribution in [2.45, 2.75) is 6.17 Å². The van der Waals surface area contributed by atoms with E-state index in [1.165, 1.54) is 38.3 Å². The molecule has 0 spiro atoms. The Morgan fingerprint density at radius 2 is 1.02 bits per heavy atom. The lowest BCUT2D eigenvalue weighted by Crippen LogP contribution is -2.35. The first kappa shape index (κ1) is 28.3. The van der Waals surface area contributed by atoms with Crippen LogP contribution in [0.25, 0.3) is 60.4 Å². The fraction of sp³-hybridized carbons (Fsp3) is 0.0222. The summed E-state index contributed by atoms with van der Waals surface area (Å²) in [7, 11) is 0. The summed E-state index contributed by atoms with van der Waals surface area (Å²) in [6, 6.07) is 62.0. The monoisotopic (exact) mass is 641 g/mol. The maximum atomic E-state index is 5.31. The van der Waals surface area contributed by atoms with Gasteiger partial charge in [-0.3, -0.25) is 4.57 Å². The zero-order valence-corrected chi connectivity index (χ0v) is 27.1. The van der Waals surface area contributed by atoms with E-state index in [1.807, 2.05) is 12.1 Å². The summed E-state index contributed by atoms with van der Waals surface area (Å²) in [5.41, 5.74) is 10.1. The van der Waals surface area contributed by atoms with E-state index in [2.05, 4.69) is 178 Å². The van der Waals surface area contributed by atoms with Crippen molar-refractivity contribution in [2.24, 2.45) is 9.98 Å². The van der Waals surface area contributed by atoms with E-state index in [9.17, 15) is 0 Å². The first-order chi connectivity index (χ1) is 24.8. The summed E-state index contributed by atoms with van der Waals surface area (Å²) in [6.45, 7) is 0. The predicted molar refractivity (Wildman–Crippen MR) is 207 cm³/mol. The summed E-state index contributed by atoms with van der Waals surface area (Å²) in [6.07, 6.45) is -0.316. The number of rotatable bonds is 4. The molecule has 50 heavy (non-hydrogen) atoms. The third kappa shape index (κ3) is 4.48. The summed E-state index contributed by atoms with van der Waals surface area (Å²) in [4.78, 5) is 10.6. The maximum Gasteiger partial charge on any atom is 0.234 e. The van der Waals surface area contributed by atoms with Gasteiger partial charge in [-0.2, -0.15) is 4.99 Å². The Labute approximate surface area is 289 Å². The van der Waals surface area contributed by atoms with Crippen LogP contribution in [0.15, 0.2) is 186 Å². The van der Waals surface area contributed by atoms with E-state index in [0.717, 1.165) is 39.1 Å². The molecule has 9 aromatic rings. The fourth-order valence-corrected chi connectivity index (χ4v) is 7.51. The van der Waals surface area contributed by atoms with Crippen molar-refractivity contribution in [3.63, 3.8) is 0 Å². The first-order valence-corrected chi connectivity index (χ1v) is 17.0. The van der Waals surface area contributed by atoms with Crippen LogP contribution in [0.2, 0.25) is 0 Å². The molecule has 0 saturated heterocycles. The summed E-state index contributed by atoms with van der Waals surface area (Å²) >= 11 is 0. The molecule has 0 fully saturated rings. The summed E-state index contributed by atoms with van der Waals surface area (Å²) in [5.74, 6) is 1.43. The van der Waals surface area contributed by atoms with Gasteiger partial charge in [-0.15, -0.1) is 0 Å². The molecule has 5 nitrogen and oxygen atoms in total. The van der Waals surface area contributed by atoms with Crippen molar-refractivity contribution < 1.29 is 0 Å². The SMILES string of the molecule is c1ccc(-c2ccc(C3=NC(n4c5ccccc5c5c4ccc4c6ccccc6n(-c6ccccc6)c45)=NC(c4ccccc4)N3)cc2)cc1. The van der Waals surface area contributed by atoms with Gasteiger partial charge in [0.15, 0.2) is 0 Å². The molecule has 0 saturated carbocycles. The van der Waals surface area contributed by atoms with E-state index >= 15 is 0 Å². The van der Waals surface area contributed by atoms with Crippen LogP contribution in [0.1, 0.15) is 17.3 Å². The van der Waals surface area contributed by atoms with Gasteiger partial charge >= 0.3 is 0 Å². The second-order valence-corrected chi connectivity index (χ2v) is 12.7. The molecular weight excluding hydrogens is 611 g/mol. The van der Waals surface area contributed by atoms with E-state index in [4.69, 9.17) is 9.98 Å². The van der Waals surface area contributed by atoms with E-state index in [0.29, 0.717) is 5.96 Å². The lowest BCUT2D eigenvalue weighted by molar-refractivity contribution is 0.668. The minimum absolute atomic E-state index is 0.316. The quantitative estimate of drug-likeness (QED) is 0.204. The molecule has 10 rings (SSSR count). The van der Waals surface area contributed by atoms with Crippen LogP contribution in [0.3, 0.4) is 0 Å². The third-order valence-electron chi connectivity index (χ3n) is 9.79. The number of nitrogens with one attached hydrogen (secondary N) is 1. The van der Waals surface area contributed by atoms with Crippen LogP contribution in [0.4, 0.5) is 0 Å². The molecule has 0 aliphatic carbocycles. The average Bonchev–Trinajstić information content (AvgIpc) is 3.72. The number of para-hydroxylation sites is 3. The fourth-order valence-electron chi connectivity index (χ4n) is 7.51. The van der Waals surface area contributed by atoms with Crippen molar-refractivity contribution >= 4 is 55.4 Å². The van der Waals surface area contributed by atoms with E-state index in [1.54, 1.807) is 0 Å². The van der Waals surface area contributed by atoms with Crippen molar-refractivity contribution in [2.75, 3.05) is 0 Å². The molecule has 7 aromatic carbocycles. The van der Waals surface area contributed by atoms with Crippen molar-refractivity contribution in [1.82, 2.24) is 14.5 Å². The molecule has 1 aliphatic rings. The number of aliphatic imine (C=N–C) groups is 2. The Bertz CT molecular complexity index is 2760. The van der Waals surface area contributed by atoms with Crippen LogP contribution in [0.5, 0.6) is 0 Å². The second kappa shape index (κ2) is 11.5. The highest BCUT2D eigenvalue weighted by molar-refractivity contribution is 6.28. The molecule has 3 heterocycles.